The van der Waals surface area contributed by atoms with Crippen LogP contribution in [-0.2, 0) is 11.3 Å². The molecule has 0 radical (unpaired) electrons. The number of nitrogens with zero attached hydrogens (tertiary/aromatic N) is 2. The van der Waals surface area contributed by atoms with Gasteiger partial charge in [0.1, 0.15) is 0 Å². The third-order valence-electron chi connectivity index (χ3n) is 2.66. The summed E-state index contributed by atoms with van der Waals surface area (Å²) in [6.07, 6.45) is 1.15. The monoisotopic (exact) mass is 271 g/mol. The first-order chi connectivity index (χ1) is 8.69. The van der Waals surface area contributed by atoms with Crippen LogP contribution >= 0.6 is 11.3 Å². The largest absolute Gasteiger partial charge is 0.383 e. The third-order valence-corrected chi connectivity index (χ3v) is 3.59. The highest BCUT2D eigenvalue weighted by Crippen LogP contribution is 2.22. The van der Waals surface area contributed by atoms with Crippen molar-refractivity contribution in [2.45, 2.75) is 39.8 Å². The predicted octanol–water partition coefficient (Wildman–Crippen LogP) is 2.50. The second-order valence-electron chi connectivity index (χ2n) is 4.58. The molecule has 0 saturated heterocycles. The lowest BCUT2D eigenvalue weighted by Gasteiger charge is -2.25. The molecule has 1 rings (SSSR count). The lowest BCUT2D eigenvalue weighted by molar-refractivity contribution is 0.199. The Kier molecular flexibility index (Phi) is 7.23. The van der Waals surface area contributed by atoms with E-state index in [0.717, 1.165) is 43.5 Å². The number of methoxy groups -OCH3 is 1. The van der Waals surface area contributed by atoms with Crippen molar-refractivity contribution in [1.82, 2.24) is 10.3 Å². The van der Waals surface area contributed by atoms with E-state index in [1.807, 2.05) is 0 Å². The predicted molar refractivity (Wildman–Crippen MR) is 78.5 cm³/mol. The molecule has 1 heterocycles. The fourth-order valence-electron chi connectivity index (χ4n) is 1.72. The van der Waals surface area contributed by atoms with Gasteiger partial charge in [0, 0.05) is 38.2 Å². The summed E-state index contributed by atoms with van der Waals surface area (Å²) in [6, 6.07) is 0.505. The first-order valence-corrected chi connectivity index (χ1v) is 7.47. The molecule has 0 fully saturated rings. The zero-order valence-corrected chi connectivity index (χ0v) is 12.7. The highest BCUT2D eigenvalue weighted by Gasteiger charge is 2.13. The van der Waals surface area contributed by atoms with Crippen LogP contribution in [0.1, 0.15) is 32.9 Å². The van der Waals surface area contributed by atoms with Gasteiger partial charge in [-0.25, -0.2) is 4.98 Å². The highest BCUT2D eigenvalue weighted by atomic mass is 32.1. The third kappa shape index (κ3) is 4.92. The van der Waals surface area contributed by atoms with Crippen LogP contribution in [0.5, 0.6) is 0 Å². The van der Waals surface area contributed by atoms with Gasteiger partial charge in [-0.3, -0.25) is 0 Å². The molecule has 0 aliphatic rings. The van der Waals surface area contributed by atoms with Crippen LogP contribution in [0.4, 0.5) is 5.13 Å². The van der Waals surface area contributed by atoms with Gasteiger partial charge in [-0.15, -0.1) is 11.3 Å². The number of nitrogens with one attached hydrogen (secondary N) is 1. The van der Waals surface area contributed by atoms with Crippen molar-refractivity contribution in [3.63, 3.8) is 0 Å². The topological polar surface area (TPSA) is 37.4 Å². The fraction of sp³-hybridized carbons (Fsp3) is 0.769. The summed E-state index contributed by atoms with van der Waals surface area (Å²) in [4.78, 5) is 7.05. The lowest BCUT2D eigenvalue weighted by atomic mass is 10.3. The van der Waals surface area contributed by atoms with Crippen LogP contribution in [-0.4, -0.2) is 37.8 Å². The maximum absolute atomic E-state index is 5.00. The number of rotatable bonds is 9. The number of hydrogen-bond acceptors (Lipinski definition) is 5. The molecule has 0 amide bonds. The van der Waals surface area contributed by atoms with Gasteiger partial charge in [0.2, 0.25) is 0 Å². The molecular weight excluding hydrogens is 246 g/mol. The summed E-state index contributed by atoms with van der Waals surface area (Å²) in [7, 11) is 1.72. The van der Waals surface area contributed by atoms with Crippen LogP contribution in [0.25, 0.3) is 0 Å². The van der Waals surface area contributed by atoms with Crippen LogP contribution in [0.3, 0.4) is 0 Å². The minimum Gasteiger partial charge on any atom is -0.383 e. The first kappa shape index (κ1) is 15.4. The summed E-state index contributed by atoms with van der Waals surface area (Å²) in [5.74, 6) is 0. The van der Waals surface area contributed by atoms with Crippen molar-refractivity contribution in [3.05, 3.63) is 11.1 Å². The van der Waals surface area contributed by atoms with Crippen LogP contribution in [0.2, 0.25) is 0 Å². The minimum absolute atomic E-state index is 0.505. The van der Waals surface area contributed by atoms with E-state index in [9.17, 15) is 0 Å². The van der Waals surface area contributed by atoms with Gasteiger partial charge < -0.3 is 15.0 Å². The Morgan fingerprint density at radius 3 is 2.89 bits per heavy atom. The molecule has 0 saturated carbocycles. The van der Waals surface area contributed by atoms with Crippen molar-refractivity contribution in [3.8, 4) is 0 Å². The normalized spacial score (nSPS) is 11.2. The molecule has 0 aromatic carbocycles. The zero-order chi connectivity index (χ0) is 13.4. The van der Waals surface area contributed by atoms with E-state index in [1.165, 1.54) is 0 Å². The Bertz CT molecular complexity index is 328. The summed E-state index contributed by atoms with van der Waals surface area (Å²) in [6.45, 7) is 10.1. The zero-order valence-electron chi connectivity index (χ0n) is 11.9. The number of anilines is 1. The molecule has 1 N–H and O–H groups in total. The number of aromatic nitrogens is 1. The average molecular weight is 271 g/mol. The SMILES string of the molecule is CCCN(c1nc(CNCCOC)cs1)C(C)C. The van der Waals surface area contributed by atoms with E-state index in [4.69, 9.17) is 4.74 Å². The van der Waals surface area contributed by atoms with Gasteiger partial charge in [-0.05, 0) is 20.3 Å². The highest BCUT2D eigenvalue weighted by molar-refractivity contribution is 7.13. The average Bonchev–Trinajstić information content (AvgIpc) is 2.79. The van der Waals surface area contributed by atoms with E-state index < -0.39 is 0 Å². The lowest BCUT2D eigenvalue weighted by Crippen LogP contribution is -2.31. The van der Waals surface area contributed by atoms with Gasteiger partial charge in [-0.1, -0.05) is 6.92 Å². The van der Waals surface area contributed by atoms with E-state index >= 15 is 0 Å². The Labute approximate surface area is 114 Å². The van der Waals surface area contributed by atoms with Crippen LogP contribution in [0, 0.1) is 0 Å². The van der Waals surface area contributed by atoms with E-state index in [0.29, 0.717) is 6.04 Å². The second-order valence-corrected chi connectivity index (χ2v) is 5.41. The second kappa shape index (κ2) is 8.45. The Hall–Kier alpha value is -0.650. The summed E-state index contributed by atoms with van der Waals surface area (Å²) in [5, 5.41) is 6.59. The van der Waals surface area contributed by atoms with Crippen molar-refractivity contribution >= 4 is 16.5 Å². The maximum atomic E-state index is 5.00. The molecule has 5 heteroatoms. The number of hydrogen-bond donors (Lipinski definition) is 1. The molecule has 18 heavy (non-hydrogen) atoms. The Morgan fingerprint density at radius 1 is 1.50 bits per heavy atom. The van der Waals surface area contributed by atoms with Gasteiger partial charge in [-0.2, -0.15) is 0 Å². The molecule has 0 aliphatic heterocycles. The van der Waals surface area contributed by atoms with E-state index in [1.54, 1.807) is 18.4 Å². The van der Waals surface area contributed by atoms with Crippen molar-refractivity contribution in [1.29, 1.82) is 0 Å². The molecule has 0 bridgehead atoms. The van der Waals surface area contributed by atoms with E-state index in [2.05, 4.69) is 41.4 Å². The smallest absolute Gasteiger partial charge is 0.185 e. The standard InChI is InChI=1S/C13H25N3OS/c1-5-7-16(11(2)3)13-15-12(10-18-13)9-14-6-8-17-4/h10-11,14H,5-9H2,1-4H3. The molecule has 0 spiro atoms. The molecular formula is C13H25N3OS. The molecule has 104 valence electrons. The van der Waals surface area contributed by atoms with Gasteiger partial charge in [0.15, 0.2) is 5.13 Å². The molecule has 1 aromatic rings. The quantitative estimate of drug-likeness (QED) is 0.700. The molecule has 1 aromatic heterocycles. The maximum Gasteiger partial charge on any atom is 0.185 e. The molecule has 0 unspecified atom stereocenters. The Balaban J connectivity index is 2.50. The summed E-state index contributed by atoms with van der Waals surface area (Å²) < 4.78 is 5.00. The molecule has 4 nitrogen and oxygen atoms in total. The summed E-state index contributed by atoms with van der Waals surface area (Å²) >= 11 is 1.73. The summed E-state index contributed by atoms with van der Waals surface area (Å²) in [5.41, 5.74) is 1.12. The van der Waals surface area contributed by atoms with E-state index in [-0.39, 0.29) is 0 Å². The van der Waals surface area contributed by atoms with Crippen LogP contribution in [0.15, 0.2) is 5.38 Å². The van der Waals surface area contributed by atoms with Crippen LogP contribution < -0.4 is 10.2 Å². The first-order valence-electron chi connectivity index (χ1n) is 6.59. The fourth-order valence-corrected chi connectivity index (χ4v) is 2.70. The van der Waals surface area contributed by atoms with Gasteiger partial charge >= 0.3 is 0 Å². The van der Waals surface area contributed by atoms with Gasteiger partial charge in [0.25, 0.3) is 0 Å². The minimum atomic E-state index is 0.505. The number of thiazole rings is 1. The van der Waals surface area contributed by atoms with Crippen molar-refractivity contribution < 1.29 is 4.74 Å². The molecule has 0 atom stereocenters. The van der Waals surface area contributed by atoms with Crippen molar-refractivity contribution in [2.75, 3.05) is 31.7 Å². The Morgan fingerprint density at radius 2 is 2.28 bits per heavy atom. The molecule has 0 aliphatic carbocycles. The number of ether oxygens (including phenoxy) is 1. The van der Waals surface area contributed by atoms with Crippen molar-refractivity contribution in [2.24, 2.45) is 0 Å². The van der Waals surface area contributed by atoms with Gasteiger partial charge in [0.05, 0.1) is 12.3 Å².